The first-order valence-corrected chi connectivity index (χ1v) is 9.44. The molecule has 4 nitrogen and oxygen atoms in total. The minimum absolute atomic E-state index is 0.0374. The quantitative estimate of drug-likeness (QED) is 0.820. The molecule has 0 aliphatic heterocycles. The Kier molecular flexibility index (Phi) is 4.45. The van der Waals surface area contributed by atoms with E-state index in [0.29, 0.717) is 10.6 Å². The van der Waals surface area contributed by atoms with Gasteiger partial charge in [0, 0.05) is 17.3 Å². The molecule has 1 unspecified atom stereocenters. The molecule has 1 atom stereocenters. The molecule has 1 fully saturated rings. The van der Waals surface area contributed by atoms with Gasteiger partial charge >= 0.3 is 0 Å². The molecule has 23 heavy (non-hydrogen) atoms. The number of hydrogen-bond acceptors (Lipinski definition) is 3. The fourth-order valence-electron chi connectivity index (χ4n) is 2.78. The summed E-state index contributed by atoms with van der Waals surface area (Å²) in [5.41, 5.74) is 1.34. The first-order valence-electron chi connectivity index (χ1n) is 7.62. The van der Waals surface area contributed by atoms with Crippen LogP contribution in [0.3, 0.4) is 0 Å². The Hall–Kier alpha value is -1.43. The molecule has 1 heterocycles. The zero-order valence-corrected chi connectivity index (χ0v) is 14.7. The molecule has 0 bridgehead atoms. The third kappa shape index (κ3) is 3.13. The molecule has 1 aromatic heterocycles. The Morgan fingerprint density at radius 1 is 1.22 bits per heavy atom. The summed E-state index contributed by atoms with van der Waals surface area (Å²) in [5.74, 6) is 0. The second kappa shape index (κ2) is 6.23. The molecule has 1 saturated carbocycles. The van der Waals surface area contributed by atoms with Crippen molar-refractivity contribution in [1.29, 1.82) is 0 Å². The summed E-state index contributed by atoms with van der Waals surface area (Å²) in [4.78, 5) is 4.60. The van der Waals surface area contributed by atoms with Gasteiger partial charge in [-0.3, -0.25) is 4.98 Å². The van der Waals surface area contributed by atoms with Gasteiger partial charge in [-0.2, -0.15) is 4.31 Å². The number of nitrogens with zero attached hydrogens (tertiary/aromatic N) is 2. The topological polar surface area (TPSA) is 50.3 Å². The van der Waals surface area contributed by atoms with E-state index in [0.717, 1.165) is 18.5 Å². The highest BCUT2D eigenvalue weighted by Gasteiger charge is 2.42. The van der Waals surface area contributed by atoms with Gasteiger partial charge in [0.05, 0.1) is 16.6 Å². The van der Waals surface area contributed by atoms with Gasteiger partial charge in [-0.25, -0.2) is 8.42 Å². The summed E-state index contributed by atoms with van der Waals surface area (Å²) in [6.07, 6.45) is 3.46. The van der Waals surface area contributed by atoms with Crippen molar-refractivity contribution in [2.24, 2.45) is 0 Å². The van der Waals surface area contributed by atoms with Crippen LogP contribution in [0.4, 0.5) is 0 Å². The van der Waals surface area contributed by atoms with Gasteiger partial charge in [0.15, 0.2) is 0 Å². The van der Waals surface area contributed by atoms with Crippen LogP contribution in [0.25, 0.3) is 0 Å². The van der Waals surface area contributed by atoms with Crippen molar-refractivity contribution in [3.05, 3.63) is 58.9 Å². The minimum atomic E-state index is -3.63. The van der Waals surface area contributed by atoms with Crippen LogP contribution < -0.4 is 0 Å². The smallest absolute Gasteiger partial charge is 0.244 e. The van der Waals surface area contributed by atoms with Crippen LogP contribution in [-0.4, -0.2) is 23.7 Å². The average Bonchev–Trinajstić information content (AvgIpc) is 3.35. The molecule has 1 aliphatic carbocycles. The highest BCUT2D eigenvalue weighted by atomic mass is 35.5. The summed E-state index contributed by atoms with van der Waals surface area (Å²) in [7, 11) is -3.63. The number of rotatable bonds is 5. The monoisotopic (exact) mass is 350 g/mol. The molecule has 3 rings (SSSR count). The molecular weight excluding hydrogens is 332 g/mol. The molecular formula is C17H19ClN2O2S. The molecule has 0 amide bonds. The number of halogens is 1. The average molecular weight is 351 g/mol. The lowest BCUT2D eigenvalue weighted by atomic mass is 10.2. The third-order valence-corrected chi connectivity index (χ3v) is 6.75. The first-order chi connectivity index (χ1) is 10.9. The maximum absolute atomic E-state index is 13.2. The van der Waals surface area contributed by atoms with Crippen LogP contribution in [-0.2, 0) is 10.0 Å². The molecule has 1 aromatic carbocycles. The van der Waals surface area contributed by atoms with Crippen LogP contribution in [0, 0.1) is 6.92 Å². The van der Waals surface area contributed by atoms with E-state index in [9.17, 15) is 8.42 Å². The van der Waals surface area contributed by atoms with Crippen LogP contribution in [0.5, 0.6) is 0 Å². The second-order valence-electron chi connectivity index (χ2n) is 5.86. The number of sulfonamides is 1. The highest BCUT2D eigenvalue weighted by molar-refractivity contribution is 7.89. The molecule has 0 saturated heterocycles. The summed E-state index contributed by atoms with van der Waals surface area (Å²) in [6.45, 7) is 3.63. The van der Waals surface area contributed by atoms with Gasteiger partial charge in [-0.05, 0) is 56.5 Å². The lowest BCUT2D eigenvalue weighted by molar-refractivity contribution is 0.328. The summed E-state index contributed by atoms with van der Waals surface area (Å²) in [5, 5.41) is 0.465. The van der Waals surface area contributed by atoms with E-state index in [-0.39, 0.29) is 17.0 Å². The predicted octanol–water partition coefficient (Wildman–Crippen LogP) is 3.96. The van der Waals surface area contributed by atoms with Crippen molar-refractivity contribution in [3.8, 4) is 0 Å². The van der Waals surface area contributed by atoms with Crippen molar-refractivity contribution in [3.63, 3.8) is 0 Å². The van der Waals surface area contributed by atoms with E-state index in [4.69, 9.17) is 11.6 Å². The number of pyridine rings is 1. The van der Waals surface area contributed by atoms with E-state index < -0.39 is 10.0 Å². The summed E-state index contributed by atoms with van der Waals surface area (Å²) < 4.78 is 28.1. The number of hydrogen-bond donors (Lipinski definition) is 0. The number of aromatic nitrogens is 1. The van der Waals surface area contributed by atoms with Crippen molar-refractivity contribution < 1.29 is 8.42 Å². The Morgan fingerprint density at radius 2 is 1.96 bits per heavy atom. The molecule has 6 heteroatoms. The van der Waals surface area contributed by atoms with Crippen molar-refractivity contribution in [1.82, 2.24) is 9.29 Å². The Morgan fingerprint density at radius 3 is 2.57 bits per heavy atom. The molecule has 0 spiro atoms. The Bertz CT molecular complexity index is 805. The SMILES string of the molecule is Cc1c(Cl)cccc1S(=O)(=O)N(C1CC1)C(C)c1ccccn1. The summed E-state index contributed by atoms with van der Waals surface area (Å²) in [6, 6.07) is 10.3. The van der Waals surface area contributed by atoms with Gasteiger partial charge in [-0.15, -0.1) is 0 Å². The Labute approximate surface area is 142 Å². The van der Waals surface area contributed by atoms with E-state index in [1.807, 2.05) is 25.1 Å². The normalized spacial score (nSPS) is 16.5. The zero-order valence-electron chi connectivity index (χ0n) is 13.1. The lowest BCUT2D eigenvalue weighted by Crippen LogP contribution is -2.36. The van der Waals surface area contributed by atoms with Crippen molar-refractivity contribution >= 4 is 21.6 Å². The standard InChI is InChI=1S/C17H19ClN2O2S/c1-12-15(18)6-5-8-17(12)23(21,22)20(14-9-10-14)13(2)16-7-3-4-11-19-16/h3-8,11,13-14H,9-10H2,1-2H3. The second-order valence-corrected chi connectivity index (χ2v) is 8.08. The van der Waals surface area contributed by atoms with Gasteiger partial charge in [0.25, 0.3) is 0 Å². The van der Waals surface area contributed by atoms with E-state index in [1.54, 1.807) is 35.6 Å². The van der Waals surface area contributed by atoms with Gasteiger partial charge in [0.1, 0.15) is 0 Å². The lowest BCUT2D eigenvalue weighted by Gasteiger charge is -2.28. The van der Waals surface area contributed by atoms with Gasteiger partial charge in [-0.1, -0.05) is 23.7 Å². The van der Waals surface area contributed by atoms with E-state index in [1.165, 1.54) is 0 Å². The molecule has 0 radical (unpaired) electrons. The van der Waals surface area contributed by atoms with Crippen LogP contribution in [0.2, 0.25) is 5.02 Å². The fourth-order valence-corrected chi connectivity index (χ4v) is 5.12. The van der Waals surface area contributed by atoms with Crippen LogP contribution in [0.1, 0.15) is 37.1 Å². The van der Waals surface area contributed by atoms with Gasteiger partial charge in [0.2, 0.25) is 10.0 Å². The summed E-state index contributed by atoms with van der Waals surface area (Å²) >= 11 is 6.12. The first kappa shape index (κ1) is 16.4. The van der Waals surface area contributed by atoms with Crippen LogP contribution in [0.15, 0.2) is 47.5 Å². The molecule has 0 N–H and O–H groups in total. The number of benzene rings is 1. The zero-order chi connectivity index (χ0) is 16.6. The van der Waals surface area contributed by atoms with Gasteiger partial charge < -0.3 is 0 Å². The van der Waals surface area contributed by atoms with Crippen LogP contribution >= 0.6 is 11.6 Å². The van der Waals surface area contributed by atoms with E-state index >= 15 is 0 Å². The maximum Gasteiger partial charge on any atom is 0.244 e. The van der Waals surface area contributed by atoms with Crippen molar-refractivity contribution in [2.75, 3.05) is 0 Å². The Balaban J connectivity index is 2.06. The largest absolute Gasteiger partial charge is 0.260 e. The predicted molar refractivity (Wildman–Crippen MR) is 90.9 cm³/mol. The van der Waals surface area contributed by atoms with E-state index in [2.05, 4.69) is 4.98 Å². The molecule has 2 aromatic rings. The fraction of sp³-hybridized carbons (Fsp3) is 0.353. The van der Waals surface area contributed by atoms with Crippen molar-refractivity contribution in [2.45, 2.75) is 43.7 Å². The maximum atomic E-state index is 13.2. The minimum Gasteiger partial charge on any atom is -0.260 e. The molecule has 122 valence electrons. The molecule has 1 aliphatic rings. The highest BCUT2D eigenvalue weighted by Crippen LogP contribution is 2.39. The third-order valence-electron chi connectivity index (χ3n) is 4.18.